The van der Waals surface area contributed by atoms with E-state index in [0.717, 1.165) is 12.5 Å². The van der Waals surface area contributed by atoms with Crippen molar-refractivity contribution in [3.8, 4) is 11.3 Å². The van der Waals surface area contributed by atoms with Gasteiger partial charge in [0.25, 0.3) is 5.67 Å². The number of likely N-dealkylation sites (N-methyl/N-ethyl adjacent to an activating group) is 1. The number of ketones is 1. The highest BCUT2D eigenvalue weighted by Gasteiger charge is 2.61. The number of aromatic nitrogens is 3. The zero-order valence-electron chi connectivity index (χ0n) is 37.5. The molecule has 13 atom stereocenters. The van der Waals surface area contributed by atoms with E-state index in [1.54, 1.807) is 52.5 Å². The molecule has 18 heteroatoms. The average molecular weight is 864 g/mol. The lowest BCUT2D eigenvalue weighted by Crippen LogP contribution is -2.62. The van der Waals surface area contributed by atoms with Gasteiger partial charge in [0.05, 0.1) is 30.0 Å². The number of nitrogens with one attached hydrogen (secondary N) is 1. The van der Waals surface area contributed by atoms with Crippen LogP contribution in [0.4, 0.5) is 19.3 Å². The molecule has 61 heavy (non-hydrogen) atoms. The van der Waals surface area contributed by atoms with Gasteiger partial charge in [-0.1, -0.05) is 31.2 Å². The standard InChI is InChI=1S/C43H67F2N7O9/c1-12-32-43(8)34(52(39(56)61-43)19-14-13-18-51-22-30(48-49-51)28-16-15-17-29(46)21-28)27(4)47-24-40(5,44)23-41(6,57-11)36(26(3)35(54)42(7,45)38(55)59-32)60-37-33(53)31(50(9)10)20-25(2)58-37/h15-17,21-22,25-27,31-34,36-37,47,53H,12-14,18-20,23-24,46H2,1-11H3/t25?,26-,27+,31?,32+,33?,34+,36+,37-,40?,41+,42?,43+/m0/s1. The minimum absolute atomic E-state index is 0.0878. The summed E-state index contributed by atoms with van der Waals surface area (Å²) in [5.74, 6) is -4.13. The molecule has 0 saturated carbocycles. The number of amides is 1. The number of nitrogen functional groups attached to an aromatic ring is 1. The quantitative estimate of drug-likeness (QED) is 0.124. The fourth-order valence-corrected chi connectivity index (χ4v) is 9.45. The van der Waals surface area contributed by atoms with Crippen LogP contribution in [-0.4, -0.2) is 153 Å². The number of nitrogens with two attached hydrogens (primary N) is 1. The molecule has 1 amide bonds. The molecule has 16 nitrogen and oxygen atoms in total. The summed E-state index contributed by atoms with van der Waals surface area (Å²) in [5.41, 5.74) is -0.436. The summed E-state index contributed by atoms with van der Waals surface area (Å²) in [7, 11) is 4.94. The molecule has 0 aliphatic carbocycles. The van der Waals surface area contributed by atoms with Crippen LogP contribution in [0.25, 0.3) is 11.3 Å². The molecule has 1 aromatic carbocycles. The van der Waals surface area contributed by atoms with Gasteiger partial charge in [-0.3, -0.25) is 14.4 Å². The molecule has 5 unspecified atom stereocenters. The number of alkyl halides is 2. The Hall–Kier alpha value is -3.81. The van der Waals surface area contributed by atoms with E-state index >= 15 is 8.78 Å². The van der Waals surface area contributed by atoms with Crippen molar-refractivity contribution in [1.82, 2.24) is 30.1 Å². The van der Waals surface area contributed by atoms with E-state index in [1.165, 1.54) is 25.9 Å². The molecule has 2 aromatic rings. The lowest BCUT2D eigenvalue weighted by molar-refractivity contribution is -0.297. The van der Waals surface area contributed by atoms with Crippen LogP contribution in [0.15, 0.2) is 30.5 Å². The number of aryl methyl sites for hydroxylation is 1. The largest absolute Gasteiger partial charge is 0.455 e. The van der Waals surface area contributed by atoms with Crippen LogP contribution in [0.2, 0.25) is 0 Å². The summed E-state index contributed by atoms with van der Waals surface area (Å²) in [5, 5.41) is 23.2. The number of unbranched alkanes of at least 4 members (excludes halogenated alkanes) is 1. The predicted octanol–water partition coefficient (Wildman–Crippen LogP) is 4.47. The van der Waals surface area contributed by atoms with Gasteiger partial charge in [0.15, 0.2) is 17.7 Å². The number of anilines is 1. The van der Waals surface area contributed by atoms with E-state index in [9.17, 15) is 19.5 Å². The first-order chi connectivity index (χ1) is 28.5. The Morgan fingerprint density at radius 3 is 2.41 bits per heavy atom. The first-order valence-electron chi connectivity index (χ1n) is 21.3. The molecule has 4 heterocycles. The van der Waals surface area contributed by atoms with Gasteiger partial charge < -0.3 is 44.7 Å². The van der Waals surface area contributed by atoms with E-state index in [0.29, 0.717) is 37.2 Å². The number of hydrogen-bond donors (Lipinski definition) is 3. The van der Waals surface area contributed by atoms with E-state index in [1.807, 2.05) is 36.2 Å². The number of methoxy groups -OCH3 is 1. The van der Waals surface area contributed by atoms with E-state index < -0.39 is 89.0 Å². The van der Waals surface area contributed by atoms with Crippen molar-refractivity contribution in [2.45, 2.75) is 165 Å². The Labute approximate surface area is 358 Å². The maximum Gasteiger partial charge on any atom is 0.410 e. The number of esters is 1. The molecule has 0 spiro atoms. The summed E-state index contributed by atoms with van der Waals surface area (Å²) in [6.07, 6.45) is -3.06. The van der Waals surface area contributed by atoms with Crippen molar-refractivity contribution < 1.29 is 52.0 Å². The van der Waals surface area contributed by atoms with Crippen molar-refractivity contribution in [3.63, 3.8) is 0 Å². The van der Waals surface area contributed by atoms with Crippen molar-refractivity contribution in [2.24, 2.45) is 5.92 Å². The Morgan fingerprint density at radius 1 is 1.08 bits per heavy atom. The van der Waals surface area contributed by atoms with Crippen molar-refractivity contribution in [2.75, 3.05) is 40.0 Å². The first-order valence-corrected chi connectivity index (χ1v) is 21.3. The maximum atomic E-state index is 17.1. The predicted molar refractivity (Wildman–Crippen MR) is 223 cm³/mol. The monoisotopic (exact) mass is 863 g/mol. The number of cyclic esters (lactones) is 1. The van der Waals surface area contributed by atoms with Crippen LogP contribution in [0.3, 0.4) is 0 Å². The van der Waals surface area contributed by atoms with E-state index in [-0.39, 0.29) is 32.0 Å². The number of nitrogens with zero attached hydrogens (tertiary/aromatic N) is 5. The second kappa shape index (κ2) is 18.9. The highest BCUT2D eigenvalue weighted by molar-refractivity contribution is 6.07. The van der Waals surface area contributed by atoms with Crippen LogP contribution >= 0.6 is 0 Å². The smallest absolute Gasteiger partial charge is 0.410 e. The van der Waals surface area contributed by atoms with Crippen LogP contribution in [0.1, 0.15) is 87.5 Å². The molecule has 3 fully saturated rings. The Balaban J connectivity index is 1.43. The fraction of sp³-hybridized carbons (Fsp3) is 0.744. The molecule has 3 saturated heterocycles. The van der Waals surface area contributed by atoms with Crippen LogP contribution in [0.5, 0.6) is 0 Å². The van der Waals surface area contributed by atoms with Gasteiger partial charge in [-0.25, -0.2) is 18.4 Å². The number of rotatable bonds is 11. The van der Waals surface area contributed by atoms with Gasteiger partial charge >= 0.3 is 12.1 Å². The number of halogens is 2. The fourth-order valence-electron chi connectivity index (χ4n) is 9.45. The maximum absolute atomic E-state index is 17.1. The number of aliphatic hydroxyl groups is 1. The number of carbonyl (C=O) groups excluding carboxylic acids is 3. The normalized spacial score (nSPS) is 38.1. The number of hydrogen-bond acceptors (Lipinski definition) is 14. The van der Waals surface area contributed by atoms with Crippen molar-refractivity contribution in [1.29, 1.82) is 0 Å². The topological polar surface area (TPSA) is 193 Å². The van der Waals surface area contributed by atoms with Gasteiger partial charge in [-0.05, 0) is 93.5 Å². The molecule has 1 aromatic heterocycles. The third-order valence-corrected chi connectivity index (χ3v) is 12.8. The third-order valence-electron chi connectivity index (χ3n) is 12.8. The zero-order valence-corrected chi connectivity index (χ0v) is 37.5. The molecule has 3 aliphatic rings. The number of fused-ring (bicyclic) bond motifs is 1. The number of carbonyl (C=O) groups is 3. The summed E-state index contributed by atoms with van der Waals surface area (Å²) in [6.45, 7) is 12.5. The molecule has 0 radical (unpaired) electrons. The summed E-state index contributed by atoms with van der Waals surface area (Å²) in [4.78, 5) is 45.4. The minimum atomic E-state index is -3.24. The zero-order chi connectivity index (χ0) is 45.2. The first kappa shape index (κ1) is 48.2. The Kier molecular flexibility index (Phi) is 14.9. The second-order valence-electron chi connectivity index (χ2n) is 18.3. The molecule has 4 N–H and O–H groups in total. The number of ether oxygens (including phenoxy) is 5. The molecular weight excluding hydrogens is 797 g/mol. The van der Waals surface area contributed by atoms with Gasteiger partial charge in [-0.15, -0.1) is 5.10 Å². The molecule has 342 valence electrons. The van der Waals surface area contributed by atoms with Gasteiger partial charge in [0.1, 0.15) is 23.6 Å². The molecule has 0 bridgehead atoms. The van der Waals surface area contributed by atoms with Crippen molar-refractivity contribution >= 4 is 23.5 Å². The van der Waals surface area contributed by atoms with E-state index in [4.69, 9.17) is 29.4 Å². The molecule has 5 rings (SSSR count). The molecular formula is C43H67F2N7O9. The second-order valence-corrected chi connectivity index (χ2v) is 18.3. The van der Waals surface area contributed by atoms with Crippen molar-refractivity contribution in [3.05, 3.63) is 30.5 Å². The van der Waals surface area contributed by atoms with Crippen LogP contribution < -0.4 is 11.1 Å². The Bertz CT molecular complexity index is 1850. The number of aliphatic hydroxyl groups excluding tert-OH is 1. The highest BCUT2D eigenvalue weighted by atomic mass is 19.1. The Morgan fingerprint density at radius 2 is 1.77 bits per heavy atom. The lowest BCUT2D eigenvalue weighted by atomic mass is 9.77. The minimum Gasteiger partial charge on any atom is -0.455 e. The molecule has 3 aliphatic heterocycles. The summed E-state index contributed by atoms with van der Waals surface area (Å²) in [6, 6.07) is 5.45. The lowest BCUT2D eigenvalue weighted by Gasteiger charge is -2.47. The highest BCUT2D eigenvalue weighted by Crippen LogP contribution is 2.42. The number of Topliss-reactive ketones (excluding diaryl/α,β-unsaturated/α-hetero) is 1. The summed E-state index contributed by atoms with van der Waals surface area (Å²) < 4.78 is 66.2. The van der Waals surface area contributed by atoms with Crippen LogP contribution in [0, 0.1) is 5.92 Å². The SMILES string of the molecule is CC[C@H]1OC(=O)C(C)(F)C(=O)[C@H](C)[C@@H](O[C@@H]2OC(C)CC(N(C)C)C2O)[C@](C)(OC)CC(C)(F)CN[C@H](C)[C@H]2N(CCCCn3cc(-c4cccc(N)c4)nn3)C(=O)O[C@]12C. The van der Waals surface area contributed by atoms with Crippen LogP contribution in [-0.2, 0) is 39.8 Å². The number of benzene rings is 1. The average Bonchev–Trinajstić information content (AvgIpc) is 3.77. The van der Waals surface area contributed by atoms with Gasteiger partial charge in [-0.2, -0.15) is 0 Å². The third kappa shape index (κ3) is 10.4. The van der Waals surface area contributed by atoms with Gasteiger partial charge in [0.2, 0.25) is 0 Å². The summed E-state index contributed by atoms with van der Waals surface area (Å²) >= 11 is 0. The van der Waals surface area contributed by atoms with E-state index in [2.05, 4.69) is 15.6 Å². The van der Waals surface area contributed by atoms with Gasteiger partial charge in [0, 0.05) is 62.4 Å².